The average Bonchev–Trinajstić information content (AvgIpc) is 2.57. The van der Waals surface area contributed by atoms with Crippen LogP contribution in [-0.2, 0) is 12.4 Å². The van der Waals surface area contributed by atoms with Crippen LogP contribution in [0.4, 0.5) is 0 Å². The molecule has 1 aromatic carbocycles. The quantitative estimate of drug-likeness (QED) is 0.768. The van der Waals surface area contributed by atoms with Gasteiger partial charge in [-0.2, -0.15) is 5.10 Å². The molecule has 17 heavy (non-hydrogen) atoms. The van der Waals surface area contributed by atoms with Crippen LogP contribution in [0.3, 0.4) is 0 Å². The van der Waals surface area contributed by atoms with E-state index >= 15 is 0 Å². The fraction of sp³-hybridized carbons (Fsp3) is 0.250. The fourth-order valence-corrected chi connectivity index (χ4v) is 2.49. The summed E-state index contributed by atoms with van der Waals surface area (Å²) in [5.74, 6) is 1.58. The summed E-state index contributed by atoms with van der Waals surface area (Å²) in [6, 6.07) is 7.74. The number of rotatable bonds is 3. The predicted molar refractivity (Wildman–Crippen MR) is 74.8 cm³/mol. The van der Waals surface area contributed by atoms with Crippen molar-refractivity contribution in [3.8, 4) is 11.6 Å². The molecule has 2 aromatic rings. The lowest BCUT2D eigenvalue weighted by molar-refractivity contribution is 0.427. The van der Waals surface area contributed by atoms with Crippen LogP contribution >= 0.6 is 31.9 Å². The minimum Gasteiger partial charge on any atom is -0.439 e. The molecule has 0 saturated heterocycles. The van der Waals surface area contributed by atoms with E-state index in [1.54, 1.807) is 4.68 Å². The van der Waals surface area contributed by atoms with Crippen molar-refractivity contribution in [1.82, 2.24) is 9.78 Å². The van der Waals surface area contributed by atoms with Crippen LogP contribution < -0.4 is 4.74 Å². The Morgan fingerprint density at radius 1 is 1.29 bits per heavy atom. The van der Waals surface area contributed by atoms with E-state index in [-0.39, 0.29) is 0 Å². The van der Waals surface area contributed by atoms with Crippen LogP contribution in [0.1, 0.15) is 11.3 Å². The highest BCUT2D eigenvalue weighted by molar-refractivity contribution is 9.10. The molecule has 0 saturated carbocycles. The lowest BCUT2D eigenvalue weighted by Crippen LogP contribution is -1.96. The van der Waals surface area contributed by atoms with Gasteiger partial charge >= 0.3 is 0 Å². The molecule has 0 aliphatic carbocycles. The zero-order valence-corrected chi connectivity index (χ0v) is 12.7. The minimum atomic E-state index is 0.735. The van der Waals surface area contributed by atoms with E-state index in [4.69, 9.17) is 4.74 Å². The largest absolute Gasteiger partial charge is 0.439 e. The van der Waals surface area contributed by atoms with Gasteiger partial charge in [0.25, 0.3) is 0 Å². The number of aryl methyl sites for hydroxylation is 2. The first-order chi connectivity index (χ1) is 8.11. The predicted octanol–water partition coefficient (Wildman–Crippen LogP) is 4.18. The molecule has 90 valence electrons. The summed E-state index contributed by atoms with van der Waals surface area (Å²) in [7, 11) is 1.88. The standard InChI is InChI=1S/C12H12Br2N2O/c1-8-11(7-13)12(16(2)15-8)17-10-5-3-9(14)4-6-10/h3-6H,7H2,1-2H3. The number of benzene rings is 1. The third-order valence-corrected chi connectivity index (χ3v) is 3.54. The van der Waals surface area contributed by atoms with Crippen molar-refractivity contribution in [2.45, 2.75) is 12.3 Å². The zero-order chi connectivity index (χ0) is 12.4. The van der Waals surface area contributed by atoms with E-state index in [2.05, 4.69) is 37.0 Å². The van der Waals surface area contributed by atoms with Gasteiger partial charge in [0.1, 0.15) is 5.75 Å². The maximum Gasteiger partial charge on any atom is 0.221 e. The Labute approximate surface area is 117 Å². The van der Waals surface area contributed by atoms with Gasteiger partial charge in [-0.05, 0) is 31.2 Å². The Morgan fingerprint density at radius 2 is 1.94 bits per heavy atom. The van der Waals surface area contributed by atoms with Crippen molar-refractivity contribution in [3.63, 3.8) is 0 Å². The Hall–Kier alpha value is -0.810. The van der Waals surface area contributed by atoms with Crippen molar-refractivity contribution < 1.29 is 4.74 Å². The molecule has 0 radical (unpaired) electrons. The van der Waals surface area contributed by atoms with Gasteiger partial charge in [-0.3, -0.25) is 0 Å². The van der Waals surface area contributed by atoms with Gasteiger partial charge in [0, 0.05) is 22.4 Å². The summed E-state index contributed by atoms with van der Waals surface area (Å²) >= 11 is 6.85. The van der Waals surface area contributed by atoms with Crippen LogP contribution in [0.5, 0.6) is 11.6 Å². The molecule has 0 N–H and O–H groups in total. The molecular formula is C12H12Br2N2O. The Morgan fingerprint density at radius 3 is 2.53 bits per heavy atom. The van der Waals surface area contributed by atoms with Crippen LogP contribution in [0.2, 0.25) is 0 Å². The molecule has 3 nitrogen and oxygen atoms in total. The van der Waals surface area contributed by atoms with Gasteiger partial charge in [0.15, 0.2) is 0 Å². The first-order valence-electron chi connectivity index (χ1n) is 5.13. The molecular weight excluding hydrogens is 348 g/mol. The number of halogens is 2. The number of alkyl halides is 1. The van der Waals surface area contributed by atoms with Crippen LogP contribution in [-0.4, -0.2) is 9.78 Å². The topological polar surface area (TPSA) is 27.1 Å². The Balaban J connectivity index is 2.32. The van der Waals surface area contributed by atoms with Gasteiger partial charge in [-0.25, -0.2) is 4.68 Å². The first-order valence-corrected chi connectivity index (χ1v) is 7.05. The second kappa shape index (κ2) is 5.23. The number of hydrogen-bond donors (Lipinski definition) is 0. The SMILES string of the molecule is Cc1nn(C)c(Oc2ccc(Br)cc2)c1CBr. The molecule has 2 rings (SSSR count). The molecule has 0 atom stereocenters. The van der Waals surface area contributed by atoms with Crippen molar-refractivity contribution in [2.24, 2.45) is 7.05 Å². The smallest absolute Gasteiger partial charge is 0.221 e. The number of ether oxygens (including phenoxy) is 1. The summed E-state index contributed by atoms with van der Waals surface area (Å²) in [5.41, 5.74) is 2.06. The van der Waals surface area contributed by atoms with Gasteiger partial charge in [0.05, 0.1) is 5.69 Å². The first kappa shape index (κ1) is 12.6. The van der Waals surface area contributed by atoms with E-state index in [0.717, 1.165) is 32.7 Å². The minimum absolute atomic E-state index is 0.735. The molecule has 1 heterocycles. The van der Waals surface area contributed by atoms with Crippen LogP contribution in [0.15, 0.2) is 28.7 Å². The van der Waals surface area contributed by atoms with E-state index in [9.17, 15) is 0 Å². The Kier molecular flexibility index (Phi) is 3.89. The molecule has 0 unspecified atom stereocenters. The van der Waals surface area contributed by atoms with Crippen molar-refractivity contribution in [1.29, 1.82) is 0 Å². The third kappa shape index (κ3) is 2.72. The lowest BCUT2D eigenvalue weighted by atomic mass is 10.3. The summed E-state index contributed by atoms with van der Waals surface area (Å²) in [5, 5.41) is 5.08. The lowest BCUT2D eigenvalue weighted by Gasteiger charge is -2.07. The van der Waals surface area contributed by atoms with Gasteiger partial charge in [-0.15, -0.1) is 0 Å². The van der Waals surface area contributed by atoms with Crippen molar-refractivity contribution in [2.75, 3.05) is 0 Å². The van der Waals surface area contributed by atoms with Gasteiger partial charge in [-0.1, -0.05) is 31.9 Å². The second-order valence-corrected chi connectivity index (χ2v) is 5.16. The van der Waals surface area contributed by atoms with Gasteiger partial charge < -0.3 is 4.74 Å². The maximum atomic E-state index is 5.86. The molecule has 0 fully saturated rings. The number of aromatic nitrogens is 2. The third-order valence-electron chi connectivity index (χ3n) is 2.45. The van der Waals surface area contributed by atoms with E-state index in [0.29, 0.717) is 0 Å². The summed E-state index contributed by atoms with van der Waals surface area (Å²) in [6.07, 6.45) is 0. The molecule has 0 aliphatic rings. The highest BCUT2D eigenvalue weighted by Gasteiger charge is 2.14. The van der Waals surface area contributed by atoms with E-state index < -0.39 is 0 Å². The monoisotopic (exact) mass is 358 g/mol. The van der Waals surface area contributed by atoms with Gasteiger partial charge in [0.2, 0.25) is 5.88 Å². The maximum absolute atomic E-state index is 5.86. The highest BCUT2D eigenvalue weighted by atomic mass is 79.9. The number of hydrogen-bond acceptors (Lipinski definition) is 2. The van der Waals surface area contributed by atoms with Crippen molar-refractivity contribution >= 4 is 31.9 Å². The second-order valence-electron chi connectivity index (χ2n) is 3.68. The Bertz CT molecular complexity index is 520. The summed E-state index contributed by atoms with van der Waals surface area (Å²) in [6.45, 7) is 1.98. The van der Waals surface area contributed by atoms with E-state index in [1.807, 2.05) is 38.2 Å². The summed E-state index contributed by atoms with van der Waals surface area (Å²) in [4.78, 5) is 0. The highest BCUT2D eigenvalue weighted by Crippen LogP contribution is 2.29. The molecule has 0 aliphatic heterocycles. The molecule has 0 bridgehead atoms. The molecule has 5 heteroatoms. The molecule has 0 spiro atoms. The van der Waals surface area contributed by atoms with E-state index in [1.165, 1.54) is 0 Å². The van der Waals surface area contributed by atoms with Crippen LogP contribution in [0, 0.1) is 6.92 Å². The summed E-state index contributed by atoms with van der Waals surface area (Å²) < 4.78 is 8.65. The molecule has 0 amide bonds. The fourth-order valence-electron chi connectivity index (χ4n) is 1.58. The zero-order valence-electron chi connectivity index (χ0n) is 9.58. The van der Waals surface area contributed by atoms with Crippen molar-refractivity contribution in [3.05, 3.63) is 40.0 Å². The molecule has 1 aromatic heterocycles. The average molecular weight is 360 g/mol. The number of nitrogens with zero attached hydrogens (tertiary/aromatic N) is 2. The normalized spacial score (nSPS) is 10.6. The van der Waals surface area contributed by atoms with Crippen LogP contribution in [0.25, 0.3) is 0 Å².